The highest BCUT2D eigenvalue weighted by Gasteiger charge is 2.20. The molecule has 0 bridgehead atoms. The minimum atomic E-state index is -0.912. The first-order chi connectivity index (χ1) is 14.2. The third-order valence-corrected chi connectivity index (χ3v) is 4.77. The average molecular weight is 390 g/mol. The van der Waals surface area contributed by atoms with Gasteiger partial charge in [0.05, 0.1) is 41.9 Å². The van der Waals surface area contributed by atoms with E-state index in [1.54, 1.807) is 17.1 Å². The van der Waals surface area contributed by atoms with Gasteiger partial charge in [-0.25, -0.2) is 18.4 Å². The van der Waals surface area contributed by atoms with E-state index in [9.17, 15) is 8.78 Å². The average Bonchev–Trinajstić information content (AvgIpc) is 3.40. The molecule has 0 saturated carbocycles. The van der Waals surface area contributed by atoms with Gasteiger partial charge in [-0.15, -0.1) is 0 Å². The summed E-state index contributed by atoms with van der Waals surface area (Å²) in [5.74, 6) is -1.51. The van der Waals surface area contributed by atoms with Crippen LogP contribution in [0.1, 0.15) is 17.0 Å². The van der Waals surface area contributed by atoms with Crippen molar-refractivity contribution in [2.75, 3.05) is 0 Å². The number of nitrogens with zero attached hydrogens (tertiary/aromatic N) is 5. The lowest BCUT2D eigenvalue weighted by Crippen LogP contribution is -2.21. The molecule has 1 aliphatic rings. The number of hydrazone groups is 1. The number of halogens is 2. The van der Waals surface area contributed by atoms with Gasteiger partial charge in [0.15, 0.2) is 11.6 Å². The van der Waals surface area contributed by atoms with E-state index in [1.807, 2.05) is 41.5 Å². The van der Waals surface area contributed by atoms with E-state index in [4.69, 9.17) is 0 Å². The van der Waals surface area contributed by atoms with Crippen molar-refractivity contribution >= 4 is 6.21 Å². The van der Waals surface area contributed by atoms with Crippen molar-refractivity contribution < 1.29 is 8.78 Å². The van der Waals surface area contributed by atoms with Gasteiger partial charge in [-0.1, -0.05) is 18.2 Å². The quantitative estimate of drug-likeness (QED) is 0.575. The molecule has 0 spiro atoms. The molecule has 4 aromatic rings. The zero-order chi connectivity index (χ0) is 19.8. The Balaban J connectivity index is 1.32. The minimum Gasteiger partial charge on any atom is -0.337 e. The zero-order valence-electron chi connectivity index (χ0n) is 15.3. The molecule has 0 amide bonds. The maximum absolute atomic E-state index is 14.1. The monoisotopic (exact) mass is 390 g/mol. The van der Waals surface area contributed by atoms with Crippen LogP contribution in [-0.2, 0) is 13.1 Å². The summed E-state index contributed by atoms with van der Waals surface area (Å²) in [5, 5.41) is 10.5. The lowest BCUT2D eigenvalue weighted by Gasteiger charge is -2.21. The number of aromatic nitrogens is 4. The minimum absolute atomic E-state index is 0.105. The molecule has 0 atom stereocenters. The zero-order valence-corrected chi connectivity index (χ0v) is 15.3. The van der Waals surface area contributed by atoms with Crippen LogP contribution in [0.25, 0.3) is 17.1 Å². The van der Waals surface area contributed by atoms with Crippen molar-refractivity contribution in [3.05, 3.63) is 89.5 Å². The van der Waals surface area contributed by atoms with E-state index in [0.717, 1.165) is 23.0 Å². The van der Waals surface area contributed by atoms with Crippen molar-refractivity contribution in [3.63, 3.8) is 0 Å². The largest absolute Gasteiger partial charge is 0.337 e. The molecule has 0 radical (unpaired) electrons. The lowest BCUT2D eigenvalue weighted by molar-refractivity contribution is 0.265. The number of hydrogen-bond acceptors (Lipinski definition) is 4. The molecular weight excluding hydrogens is 374 g/mol. The third kappa shape index (κ3) is 3.29. The summed E-state index contributed by atoms with van der Waals surface area (Å²) in [7, 11) is 0. The smallest absolute Gasteiger partial charge is 0.169 e. The molecule has 6 nitrogen and oxygen atoms in total. The Kier molecular flexibility index (Phi) is 4.16. The first-order valence-corrected chi connectivity index (χ1v) is 9.08. The second kappa shape index (κ2) is 6.97. The van der Waals surface area contributed by atoms with Crippen LogP contribution in [0.5, 0.6) is 0 Å². The summed E-state index contributed by atoms with van der Waals surface area (Å²) in [5.41, 5.74) is 3.63. The molecule has 2 aromatic carbocycles. The molecule has 3 heterocycles. The number of benzene rings is 2. The van der Waals surface area contributed by atoms with Crippen LogP contribution >= 0.6 is 0 Å². The Bertz CT molecular complexity index is 1180. The third-order valence-electron chi connectivity index (χ3n) is 4.77. The first kappa shape index (κ1) is 17.3. The van der Waals surface area contributed by atoms with Gasteiger partial charge in [0.25, 0.3) is 0 Å². The molecule has 0 unspecified atom stereocenters. The molecule has 5 rings (SSSR count). The highest BCUT2D eigenvalue weighted by Crippen LogP contribution is 2.25. The Morgan fingerprint density at radius 3 is 2.69 bits per heavy atom. The maximum atomic E-state index is 14.1. The Morgan fingerprint density at radius 1 is 1.03 bits per heavy atom. The van der Waals surface area contributed by atoms with E-state index in [2.05, 4.69) is 20.2 Å². The number of fused-ring (bicyclic) bond motifs is 1. The van der Waals surface area contributed by atoms with Crippen LogP contribution in [0.3, 0.4) is 0 Å². The number of rotatable bonds is 4. The number of H-pyrrole nitrogens is 1. The van der Waals surface area contributed by atoms with Crippen LogP contribution in [-0.4, -0.2) is 31.0 Å². The Hall–Kier alpha value is -3.81. The number of aromatic amines is 1. The van der Waals surface area contributed by atoms with E-state index < -0.39 is 11.6 Å². The van der Waals surface area contributed by atoms with Crippen molar-refractivity contribution in [1.29, 1.82) is 0 Å². The van der Waals surface area contributed by atoms with E-state index >= 15 is 0 Å². The van der Waals surface area contributed by atoms with Crippen molar-refractivity contribution in [2.24, 2.45) is 5.10 Å². The number of hydrogen-bond donors (Lipinski definition) is 1. The summed E-state index contributed by atoms with van der Waals surface area (Å²) >= 11 is 0. The van der Waals surface area contributed by atoms with E-state index in [-0.39, 0.29) is 5.56 Å². The van der Waals surface area contributed by atoms with Crippen LogP contribution in [0, 0.1) is 11.6 Å². The fourth-order valence-corrected chi connectivity index (χ4v) is 3.30. The van der Waals surface area contributed by atoms with Gasteiger partial charge in [-0.2, -0.15) is 10.2 Å². The molecule has 0 aliphatic carbocycles. The highest BCUT2D eigenvalue weighted by molar-refractivity contribution is 5.80. The topological polar surface area (TPSA) is 62.1 Å². The SMILES string of the molecule is Fc1cccc(-c2nc3c([nH]2)C=NN(Cc2ccc(-n4cccn4)cc2)C3)c1F. The molecule has 29 heavy (non-hydrogen) atoms. The number of imidazole rings is 1. The second-order valence-electron chi connectivity index (χ2n) is 6.73. The van der Waals surface area contributed by atoms with Gasteiger partial charge in [0.1, 0.15) is 5.82 Å². The van der Waals surface area contributed by atoms with E-state index in [1.165, 1.54) is 12.1 Å². The number of nitrogens with one attached hydrogen (secondary N) is 1. The summed E-state index contributed by atoms with van der Waals surface area (Å²) in [6.45, 7) is 1.08. The predicted molar refractivity (Wildman–Crippen MR) is 104 cm³/mol. The van der Waals surface area contributed by atoms with Crippen molar-refractivity contribution in [2.45, 2.75) is 13.1 Å². The van der Waals surface area contributed by atoms with Crippen LogP contribution in [0.2, 0.25) is 0 Å². The normalized spacial score (nSPS) is 13.0. The molecule has 1 aliphatic heterocycles. The van der Waals surface area contributed by atoms with Gasteiger partial charge in [-0.05, 0) is 35.9 Å². The second-order valence-corrected chi connectivity index (χ2v) is 6.73. The summed E-state index contributed by atoms with van der Waals surface area (Å²) in [4.78, 5) is 7.48. The van der Waals surface area contributed by atoms with Gasteiger partial charge in [-0.3, -0.25) is 5.01 Å². The standard InChI is InChI=1S/C21H16F2N6/c22-17-4-1-3-16(20(17)23)21-26-18-11-25-28(13-19(18)27-21)12-14-5-7-15(8-6-14)29-10-2-9-24-29/h1-11H,12-13H2,(H,26,27). The Morgan fingerprint density at radius 2 is 1.90 bits per heavy atom. The molecule has 0 fully saturated rings. The van der Waals surface area contributed by atoms with Gasteiger partial charge >= 0.3 is 0 Å². The van der Waals surface area contributed by atoms with Crippen molar-refractivity contribution in [1.82, 2.24) is 24.8 Å². The van der Waals surface area contributed by atoms with Crippen LogP contribution in [0.15, 0.2) is 66.0 Å². The maximum Gasteiger partial charge on any atom is 0.169 e. The molecule has 2 aromatic heterocycles. The fourth-order valence-electron chi connectivity index (χ4n) is 3.30. The fraction of sp³-hybridized carbons (Fsp3) is 0.0952. The van der Waals surface area contributed by atoms with Crippen molar-refractivity contribution in [3.8, 4) is 17.1 Å². The lowest BCUT2D eigenvalue weighted by atomic mass is 10.2. The molecular formula is C21H16F2N6. The first-order valence-electron chi connectivity index (χ1n) is 9.08. The van der Waals surface area contributed by atoms with Crippen LogP contribution in [0.4, 0.5) is 8.78 Å². The summed E-state index contributed by atoms with van der Waals surface area (Å²) in [6, 6.07) is 14.0. The summed E-state index contributed by atoms with van der Waals surface area (Å²) < 4.78 is 29.4. The Labute approximate surface area is 165 Å². The molecule has 144 valence electrons. The van der Waals surface area contributed by atoms with Crippen LogP contribution < -0.4 is 0 Å². The van der Waals surface area contributed by atoms with Gasteiger partial charge in [0.2, 0.25) is 0 Å². The van der Waals surface area contributed by atoms with E-state index in [0.29, 0.717) is 24.6 Å². The van der Waals surface area contributed by atoms with Gasteiger partial charge < -0.3 is 4.98 Å². The highest BCUT2D eigenvalue weighted by atomic mass is 19.2. The summed E-state index contributed by atoms with van der Waals surface area (Å²) in [6.07, 6.45) is 5.29. The molecule has 0 saturated heterocycles. The predicted octanol–water partition coefficient (Wildman–Crippen LogP) is 3.89. The molecule has 8 heteroatoms. The van der Waals surface area contributed by atoms with Gasteiger partial charge in [0, 0.05) is 12.4 Å². The molecule has 1 N–H and O–H groups in total.